The Bertz CT molecular complexity index is 1570. The standard InChI is InChI=1S/C33H38N6O5S/c1-21-15-22(2)36-33(35-21)45-20-29(40)39(19-23-9-8-14-34-18-23)30(24-16-27(42-5)31(44-7)28(17-24)43-6)32(41)37-25-10-12-26(13-11-25)38(3)4/h8-18,30H,19-20H2,1-7H3,(H,37,41)/t30-/m1/s1. The van der Waals surface area contributed by atoms with Gasteiger partial charge in [0.15, 0.2) is 16.7 Å². The van der Waals surface area contributed by atoms with Crippen molar-refractivity contribution in [1.82, 2.24) is 19.9 Å². The first-order chi connectivity index (χ1) is 21.6. The zero-order valence-corrected chi connectivity index (χ0v) is 27.3. The predicted octanol–water partition coefficient (Wildman–Crippen LogP) is 5.08. The molecule has 0 radical (unpaired) electrons. The summed E-state index contributed by atoms with van der Waals surface area (Å²) in [5.74, 6) is 0.346. The van der Waals surface area contributed by atoms with Crippen molar-refractivity contribution >= 4 is 35.0 Å². The Morgan fingerprint density at radius 1 is 0.911 bits per heavy atom. The molecule has 0 saturated carbocycles. The first-order valence-electron chi connectivity index (χ1n) is 14.1. The monoisotopic (exact) mass is 630 g/mol. The first-order valence-corrected chi connectivity index (χ1v) is 15.1. The molecule has 2 aromatic carbocycles. The van der Waals surface area contributed by atoms with Crippen LogP contribution in [0.15, 0.2) is 72.1 Å². The first kappa shape index (κ1) is 33.1. The molecule has 0 aliphatic carbocycles. The topological polar surface area (TPSA) is 119 Å². The molecule has 4 aromatic rings. The quantitative estimate of drug-likeness (QED) is 0.158. The highest BCUT2D eigenvalue weighted by Gasteiger charge is 2.34. The van der Waals surface area contributed by atoms with E-state index in [1.165, 1.54) is 38.0 Å². The molecule has 0 aliphatic rings. The van der Waals surface area contributed by atoms with Crippen molar-refractivity contribution in [3.05, 3.63) is 89.5 Å². The number of aryl methyl sites for hydroxylation is 2. The number of anilines is 2. The van der Waals surface area contributed by atoms with Crippen LogP contribution in [0.4, 0.5) is 11.4 Å². The van der Waals surface area contributed by atoms with Crippen molar-refractivity contribution in [2.24, 2.45) is 0 Å². The number of ether oxygens (including phenoxy) is 3. The van der Waals surface area contributed by atoms with E-state index in [0.717, 1.165) is 22.6 Å². The van der Waals surface area contributed by atoms with Crippen LogP contribution in [-0.4, -0.2) is 72.8 Å². The van der Waals surface area contributed by atoms with Crippen LogP contribution in [0.25, 0.3) is 0 Å². The normalized spacial score (nSPS) is 11.4. The number of carbonyl (C=O) groups is 2. The third-order valence-electron chi connectivity index (χ3n) is 6.90. The van der Waals surface area contributed by atoms with Crippen LogP contribution >= 0.6 is 11.8 Å². The number of nitrogens with zero attached hydrogens (tertiary/aromatic N) is 5. The third kappa shape index (κ3) is 8.42. The lowest BCUT2D eigenvalue weighted by molar-refractivity contribution is -0.137. The van der Waals surface area contributed by atoms with Gasteiger partial charge in [0.05, 0.1) is 27.1 Å². The highest BCUT2D eigenvalue weighted by atomic mass is 32.2. The second-order valence-corrected chi connectivity index (χ2v) is 11.3. The fourth-order valence-electron chi connectivity index (χ4n) is 4.76. The largest absolute Gasteiger partial charge is 0.493 e. The summed E-state index contributed by atoms with van der Waals surface area (Å²) in [6.45, 7) is 3.87. The molecule has 0 fully saturated rings. The number of pyridine rings is 1. The van der Waals surface area contributed by atoms with Crippen molar-refractivity contribution in [2.45, 2.75) is 31.6 Å². The summed E-state index contributed by atoms with van der Waals surface area (Å²) in [6.07, 6.45) is 3.33. The van der Waals surface area contributed by atoms with Gasteiger partial charge in [0, 0.05) is 55.8 Å². The van der Waals surface area contributed by atoms with Crippen LogP contribution in [0.5, 0.6) is 17.2 Å². The van der Waals surface area contributed by atoms with E-state index in [9.17, 15) is 9.59 Å². The lowest BCUT2D eigenvalue weighted by atomic mass is 10.0. The van der Waals surface area contributed by atoms with Crippen LogP contribution in [-0.2, 0) is 16.1 Å². The van der Waals surface area contributed by atoms with Crippen LogP contribution in [0.1, 0.15) is 28.6 Å². The summed E-state index contributed by atoms with van der Waals surface area (Å²) in [4.78, 5) is 45.1. The number of hydrogen-bond acceptors (Lipinski definition) is 10. The van der Waals surface area contributed by atoms with Gasteiger partial charge in [0.2, 0.25) is 11.7 Å². The Morgan fingerprint density at radius 2 is 1.56 bits per heavy atom. The molecule has 2 heterocycles. The van der Waals surface area contributed by atoms with E-state index in [2.05, 4.69) is 20.3 Å². The molecular weight excluding hydrogens is 592 g/mol. The molecule has 236 valence electrons. The van der Waals surface area contributed by atoms with Gasteiger partial charge in [-0.25, -0.2) is 9.97 Å². The maximum atomic E-state index is 14.3. The minimum atomic E-state index is -1.10. The molecule has 11 nitrogen and oxygen atoms in total. The smallest absolute Gasteiger partial charge is 0.251 e. The Morgan fingerprint density at radius 3 is 2.09 bits per heavy atom. The van der Waals surface area contributed by atoms with Gasteiger partial charge in [-0.2, -0.15) is 0 Å². The van der Waals surface area contributed by atoms with Gasteiger partial charge in [0.1, 0.15) is 6.04 Å². The predicted molar refractivity (Wildman–Crippen MR) is 175 cm³/mol. The lowest BCUT2D eigenvalue weighted by Gasteiger charge is -2.32. The minimum absolute atomic E-state index is 0.00507. The SMILES string of the molecule is COc1cc([C@H](C(=O)Nc2ccc(N(C)C)cc2)N(Cc2cccnc2)C(=O)CSc2nc(C)cc(C)n2)cc(OC)c1OC. The van der Waals surface area contributed by atoms with Crippen molar-refractivity contribution < 1.29 is 23.8 Å². The summed E-state index contributed by atoms with van der Waals surface area (Å²) >= 11 is 1.21. The highest BCUT2D eigenvalue weighted by molar-refractivity contribution is 7.99. The number of methoxy groups -OCH3 is 3. The van der Waals surface area contributed by atoms with E-state index in [1.807, 2.05) is 69.2 Å². The lowest BCUT2D eigenvalue weighted by Crippen LogP contribution is -2.42. The molecular formula is C33H38N6O5S. The fraction of sp³-hybridized carbons (Fsp3) is 0.303. The number of aromatic nitrogens is 3. The average molecular weight is 631 g/mol. The number of nitrogens with one attached hydrogen (secondary N) is 1. The zero-order valence-electron chi connectivity index (χ0n) is 26.5. The van der Waals surface area contributed by atoms with Crippen molar-refractivity contribution in [3.8, 4) is 17.2 Å². The summed E-state index contributed by atoms with van der Waals surface area (Å²) in [5.41, 5.74) is 4.39. The molecule has 0 aliphatic heterocycles. The highest BCUT2D eigenvalue weighted by Crippen LogP contribution is 2.41. The molecule has 2 aromatic heterocycles. The molecule has 45 heavy (non-hydrogen) atoms. The molecule has 0 saturated heterocycles. The van der Waals surface area contributed by atoms with E-state index < -0.39 is 11.9 Å². The number of amides is 2. The number of rotatable bonds is 13. The Kier molecular flexibility index (Phi) is 11.2. The summed E-state index contributed by atoms with van der Waals surface area (Å²) in [7, 11) is 8.39. The Hall–Kier alpha value is -4.84. The van der Waals surface area contributed by atoms with Gasteiger partial charge in [0.25, 0.3) is 5.91 Å². The average Bonchev–Trinajstić information content (AvgIpc) is 3.03. The number of hydrogen-bond donors (Lipinski definition) is 1. The minimum Gasteiger partial charge on any atom is -0.493 e. The van der Waals surface area contributed by atoms with Crippen LogP contribution in [0, 0.1) is 13.8 Å². The van der Waals surface area contributed by atoms with E-state index in [4.69, 9.17) is 14.2 Å². The second kappa shape index (κ2) is 15.2. The van der Waals surface area contributed by atoms with Gasteiger partial charge < -0.3 is 29.3 Å². The Balaban J connectivity index is 1.80. The van der Waals surface area contributed by atoms with Crippen molar-refractivity contribution in [3.63, 3.8) is 0 Å². The molecule has 1 N–H and O–H groups in total. The fourth-order valence-corrected chi connectivity index (χ4v) is 5.60. The molecule has 0 bridgehead atoms. The molecule has 0 spiro atoms. The molecule has 1 atom stereocenters. The molecule has 2 amide bonds. The van der Waals surface area contributed by atoms with E-state index >= 15 is 0 Å². The zero-order chi connectivity index (χ0) is 32.5. The number of thioether (sulfide) groups is 1. The van der Waals surface area contributed by atoms with Gasteiger partial charge in [-0.1, -0.05) is 17.8 Å². The Labute approximate surface area is 267 Å². The maximum absolute atomic E-state index is 14.3. The van der Waals surface area contributed by atoms with Gasteiger partial charge in [-0.3, -0.25) is 14.6 Å². The van der Waals surface area contributed by atoms with Gasteiger partial charge in [-0.15, -0.1) is 0 Å². The molecule has 12 heteroatoms. The van der Waals surface area contributed by atoms with Gasteiger partial charge >= 0.3 is 0 Å². The summed E-state index contributed by atoms with van der Waals surface area (Å²) in [5, 5.41) is 3.49. The summed E-state index contributed by atoms with van der Waals surface area (Å²) < 4.78 is 16.8. The van der Waals surface area contributed by atoms with Crippen molar-refractivity contribution in [1.29, 1.82) is 0 Å². The summed E-state index contributed by atoms with van der Waals surface area (Å²) in [6, 6.07) is 15.2. The van der Waals surface area contributed by atoms with Crippen LogP contribution in [0.2, 0.25) is 0 Å². The number of benzene rings is 2. The van der Waals surface area contributed by atoms with E-state index in [1.54, 1.807) is 30.6 Å². The third-order valence-corrected chi connectivity index (χ3v) is 7.73. The van der Waals surface area contributed by atoms with Gasteiger partial charge in [-0.05, 0) is 73.5 Å². The molecule has 0 unspecified atom stereocenters. The second-order valence-electron chi connectivity index (χ2n) is 10.4. The van der Waals surface area contributed by atoms with Crippen LogP contribution in [0.3, 0.4) is 0 Å². The molecule has 4 rings (SSSR count). The number of carbonyl (C=O) groups excluding carboxylic acids is 2. The van der Waals surface area contributed by atoms with E-state index in [-0.39, 0.29) is 18.2 Å². The maximum Gasteiger partial charge on any atom is 0.251 e. The van der Waals surface area contributed by atoms with Crippen LogP contribution < -0.4 is 24.4 Å². The van der Waals surface area contributed by atoms with Crippen molar-refractivity contribution in [2.75, 3.05) is 51.4 Å². The van der Waals surface area contributed by atoms with E-state index in [0.29, 0.717) is 33.7 Å².